The van der Waals surface area contributed by atoms with E-state index < -0.39 is 0 Å². The molecule has 0 atom stereocenters. The van der Waals surface area contributed by atoms with E-state index in [9.17, 15) is 9.59 Å². The summed E-state index contributed by atoms with van der Waals surface area (Å²) in [6.07, 6.45) is 1.51. The fourth-order valence-corrected chi connectivity index (χ4v) is 2.58. The summed E-state index contributed by atoms with van der Waals surface area (Å²) in [6.45, 7) is 2.76. The van der Waals surface area contributed by atoms with E-state index in [4.69, 9.17) is 0 Å². The molecule has 2 aromatic rings. The van der Waals surface area contributed by atoms with Gasteiger partial charge in [-0.2, -0.15) is 0 Å². The van der Waals surface area contributed by atoms with E-state index in [0.717, 1.165) is 29.9 Å². The molecule has 1 aliphatic heterocycles. The highest BCUT2D eigenvalue weighted by molar-refractivity contribution is 6.00. The molecule has 5 nitrogen and oxygen atoms in total. The zero-order valence-corrected chi connectivity index (χ0v) is 13.0. The van der Waals surface area contributed by atoms with Crippen molar-refractivity contribution in [2.75, 3.05) is 22.1 Å². The smallest absolute Gasteiger partial charge is 0.312 e. The first-order valence-corrected chi connectivity index (χ1v) is 7.67. The molecule has 2 N–H and O–H groups in total. The van der Waals surface area contributed by atoms with Gasteiger partial charge in [0.05, 0.1) is 0 Å². The van der Waals surface area contributed by atoms with Crippen molar-refractivity contribution in [2.45, 2.75) is 19.8 Å². The third kappa shape index (κ3) is 3.69. The lowest BCUT2D eigenvalue weighted by Gasteiger charge is -2.16. The largest absolute Gasteiger partial charge is 0.323 e. The highest BCUT2D eigenvalue weighted by Gasteiger charge is 2.21. The minimum Gasteiger partial charge on any atom is -0.312 e. The molecule has 1 aliphatic rings. The van der Waals surface area contributed by atoms with Crippen LogP contribution in [0.25, 0.3) is 0 Å². The molecule has 0 saturated carbocycles. The van der Waals surface area contributed by atoms with E-state index in [1.807, 2.05) is 43.3 Å². The summed E-state index contributed by atoms with van der Waals surface area (Å²) >= 11 is 0. The summed E-state index contributed by atoms with van der Waals surface area (Å²) in [5.74, 6) is 0.155. The van der Waals surface area contributed by atoms with Crippen LogP contribution in [0, 0.1) is 6.92 Å². The van der Waals surface area contributed by atoms with E-state index in [2.05, 4.69) is 10.6 Å². The Kier molecular flexibility index (Phi) is 4.28. The van der Waals surface area contributed by atoms with E-state index in [1.54, 1.807) is 17.0 Å². The number of carbonyl (C=O) groups is 2. The van der Waals surface area contributed by atoms with Crippen LogP contribution < -0.4 is 15.5 Å². The molecule has 3 amide bonds. The molecule has 1 fully saturated rings. The number of anilines is 3. The Bertz CT molecular complexity index is 708. The van der Waals surface area contributed by atoms with Gasteiger partial charge in [0.15, 0.2) is 0 Å². The average molecular weight is 309 g/mol. The lowest BCUT2D eigenvalue weighted by atomic mass is 10.2. The van der Waals surface area contributed by atoms with Gasteiger partial charge in [-0.15, -0.1) is 0 Å². The van der Waals surface area contributed by atoms with Crippen molar-refractivity contribution in [1.29, 1.82) is 0 Å². The maximum Gasteiger partial charge on any atom is 0.323 e. The molecular formula is C18H19N3O2. The quantitative estimate of drug-likeness (QED) is 0.906. The first-order valence-electron chi connectivity index (χ1n) is 7.67. The maximum atomic E-state index is 12.0. The Morgan fingerprint density at radius 3 is 2.04 bits per heavy atom. The van der Waals surface area contributed by atoms with Gasteiger partial charge in [0.1, 0.15) is 0 Å². The number of hydrogen-bond acceptors (Lipinski definition) is 2. The zero-order chi connectivity index (χ0) is 16.2. The highest BCUT2D eigenvalue weighted by Crippen LogP contribution is 2.23. The van der Waals surface area contributed by atoms with Crippen molar-refractivity contribution in [1.82, 2.24) is 0 Å². The standard InChI is InChI=1S/C18H19N3O2/c1-13-4-6-14(7-5-13)19-18(23)20-15-8-10-16(11-9-15)21-12-2-3-17(21)22/h4-11H,2-3,12H2,1H3,(H2,19,20,23). The number of carbonyl (C=O) groups excluding carboxylic acids is 2. The lowest BCUT2D eigenvalue weighted by Crippen LogP contribution is -2.23. The Morgan fingerprint density at radius 2 is 1.52 bits per heavy atom. The minimum absolute atomic E-state index is 0.155. The van der Waals surface area contributed by atoms with E-state index in [-0.39, 0.29) is 11.9 Å². The minimum atomic E-state index is -0.293. The van der Waals surface area contributed by atoms with Crippen molar-refractivity contribution in [3.05, 3.63) is 54.1 Å². The van der Waals surface area contributed by atoms with Crippen LogP contribution >= 0.6 is 0 Å². The number of benzene rings is 2. The molecule has 118 valence electrons. The molecule has 1 saturated heterocycles. The van der Waals surface area contributed by atoms with Crippen molar-refractivity contribution in [2.24, 2.45) is 0 Å². The molecule has 1 heterocycles. The maximum absolute atomic E-state index is 12.0. The van der Waals surface area contributed by atoms with Crippen LogP contribution in [0.3, 0.4) is 0 Å². The molecule has 23 heavy (non-hydrogen) atoms. The molecule has 0 bridgehead atoms. The van der Waals surface area contributed by atoms with Crippen LogP contribution in [0.15, 0.2) is 48.5 Å². The van der Waals surface area contributed by atoms with Crippen molar-refractivity contribution >= 4 is 29.0 Å². The van der Waals surface area contributed by atoms with Crippen LogP contribution in [0.5, 0.6) is 0 Å². The number of nitrogens with one attached hydrogen (secondary N) is 2. The number of rotatable bonds is 3. The summed E-state index contributed by atoms with van der Waals surface area (Å²) in [5, 5.41) is 5.56. The number of amides is 3. The summed E-state index contributed by atoms with van der Waals surface area (Å²) in [4.78, 5) is 25.5. The second-order valence-corrected chi connectivity index (χ2v) is 5.64. The molecule has 0 spiro atoms. The van der Waals surface area contributed by atoms with Gasteiger partial charge in [-0.1, -0.05) is 17.7 Å². The fourth-order valence-electron chi connectivity index (χ4n) is 2.58. The van der Waals surface area contributed by atoms with Crippen molar-refractivity contribution in [3.8, 4) is 0 Å². The van der Waals surface area contributed by atoms with Gasteiger partial charge in [-0.05, 0) is 49.7 Å². The van der Waals surface area contributed by atoms with Gasteiger partial charge in [0, 0.05) is 30.0 Å². The first kappa shape index (κ1) is 15.1. The van der Waals surface area contributed by atoms with Gasteiger partial charge in [-0.3, -0.25) is 4.79 Å². The third-order valence-electron chi connectivity index (χ3n) is 3.82. The first-order chi connectivity index (χ1) is 11.1. The van der Waals surface area contributed by atoms with Gasteiger partial charge in [0.2, 0.25) is 5.91 Å². The molecule has 0 aromatic heterocycles. The van der Waals surface area contributed by atoms with Crippen molar-refractivity contribution in [3.63, 3.8) is 0 Å². The predicted molar refractivity (Wildman–Crippen MR) is 91.8 cm³/mol. The highest BCUT2D eigenvalue weighted by atomic mass is 16.2. The normalized spacial score (nSPS) is 14.0. The average Bonchev–Trinajstić information content (AvgIpc) is 2.96. The Balaban J connectivity index is 1.60. The second-order valence-electron chi connectivity index (χ2n) is 5.64. The summed E-state index contributed by atoms with van der Waals surface area (Å²) in [7, 11) is 0. The fraction of sp³-hybridized carbons (Fsp3) is 0.222. The molecular weight excluding hydrogens is 290 g/mol. The molecule has 2 aromatic carbocycles. The second kappa shape index (κ2) is 6.52. The van der Waals surface area contributed by atoms with Gasteiger partial charge in [-0.25, -0.2) is 4.79 Å². The van der Waals surface area contributed by atoms with E-state index >= 15 is 0 Å². The number of aryl methyl sites for hydroxylation is 1. The monoisotopic (exact) mass is 309 g/mol. The zero-order valence-electron chi connectivity index (χ0n) is 13.0. The lowest BCUT2D eigenvalue weighted by molar-refractivity contribution is -0.117. The molecule has 0 unspecified atom stereocenters. The number of urea groups is 1. The topological polar surface area (TPSA) is 61.4 Å². The van der Waals surface area contributed by atoms with E-state index in [0.29, 0.717) is 12.1 Å². The number of nitrogens with zero attached hydrogens (tertiary/aromatic N) is 1. The van der Waals surface area contributed by atoms with Crippen LogP contribution in [0.1, 0.15) is 18.4 Å². The van der Waals surface area contributed by atoms with E-state index in [1.165, 1.54) is 0 Å². The number of hydrogen-bond donors (Lipinski definition) is 2. The van der Waals surface area contributed by atoms with Gasteiger partial charge >= 0.3 is 6.03 Å². The Hall–Kier alpha value is -2.82. The SMILES string of the molecule is Cc1ccc(NC(=O)Nc2ccc(N3CCCC3=O)cc2)cc1. The summed E-state index contributed by atoms with van der Waals surface area (Å²) in [5.41, 5.74) is 3.44. The Morgan fingerprint density at radius 1 is 0.957 bits per heavy atom. The summed E-state index contributed by atoms with van der Waals surface area (Å²) in [6, 6.07) is 14.6. The Labute approximate surface area is 135 Å². The van der Waals surface area contributed by atoms with Gasteiger partial charge in [0.25, 0.3) is 0 Å². The molecule has 0 aliphatic carbocycles. The van der Waals surface area contributed by atoms with Crippen LogP contribution in [0.2, 0.25) is 0 Å². The predicted octanol–water partition coefficient (Wildman–Crippen LogP) is 3.77. The van der Waals surface area contributed by atoms with Crippen molar-refractivity contribution < 1.29 is 9.59 Å². The third-order valence-corrected chi connectivity index (χ3v) is 3.82. The summed E-state index contributed by atoms with van der Waals surface area (Å²) < 4.78 is 0. The van der Waals surface area contributed by atoms with Crippen LogP contribution in [-0.4, -0.2) is 18.5 Å². The molecule has 0 radical (unpaired) electrons. The van der Waals surface area contributed by atoms with Gasteiger partial charge < -0.3 is 15.5 Å². The van der Waals surface area contributed by atoms with Crippen LogP contribution in [0.4, 0.5) is 21.9 Å². The molecule has 3 rings (SSSR count). The van der Waals surface area contributed by atoms with Crippen LogP contribution in [-0.2, 0) is 4.79 Å². The molecule has 5 heteroatoms.